The lowest BCUT2D eigenvalue weighted by Crippen LogP contribution is -2.18. The summed E-state index contributed by atoms with van der Waals surface area (Å²) in [6.45, 7) is 6.65. The molecule has 0 atom stereocenters. The minimum absolute atomic E-state index is 0.726. The molecule has 1 heterocycles. The highest BCUT2D eigenvalue weighted by atomic mass is 16.5. The number of imidazole rings is 1. The van der Waals surface area contributed by atoms with Gasteiger partial charge in [0.05, 0.1) is 6.61 Å². The number of hydrogen-bond donors (Lipinski definition) is 2. The number of hydrogen-bond acceptors (Lipinski definition) is 3. The molecule has 0 aliphatic carbocycles. The molecule has 0 aliphatic heterocycles. The van der Waals surface area contributed by atoms with E-state index in [-0.39, 0.29) is 0 Å². The molecule has 1 aromatic carbocycles. The number of nitrogens with zero attached hydrogens (tertiary/aromatic N) is 1. The van der Waals surface area contributed by atoms with Crippen LogP contribution >= 0.6 is 0 Å². The van der Waals surface area contributed by atoms with Gasteiger partial charge in [0.1, 0.15) is 5.82 Å². The van der Waals surface area contributed by atoms with Crippen molar-refractivity contribution in [2.45, 2.75) is 26.8 Å². The molecule has 0 unspecified atom stereocenters. The number of aryl methyl sites for hydroxylation is 2. The zero-order valence-electron chi connectivity index (χ0n) is 12.5. The maximum atomic E-state index is 5.00. The number of nitrogens with one attached hydrogen (secondary N) is 2. The van der Waals surface area contributed by atoms with Gasteiger partial charge in [0.2, 0.25) is 0 Å². The van der Waals surface area contributed by atoms with Crippen LogP contribution in [0, 0.1) is 13.8 Å². The van der Waals surface area contributed by atoms with E-state index in [0.29, 0.717) is 0 Å². The Bertz CT molecular complexity index is 548. The Morgan fingerprint density at radius 3 is 2.85 bits per heavy atom. The van der Waals surface area contributed by atoms with Crippen molar-refractivity contribution in [1.29, 1.82) is 0 Å². The Kier molecular flexibility index (Phi) is 5.32. The maximum absolute atomic E-state index is 5.00. The summed E-state index contributed by atoms with van der Waals surface area (Å²) in [7, 11) is 1.71. The van der Waals surface area contributed by atoms with Crippen LogP contribution < -0.4 is 5.32 Å². The number of ether oxygens (including phenoxy) is 1. The van der Waals surface area contributed by atoms with E-state index >= 15 is 0 Å². The van der Waals surface area contributed by atoms with Crippen molar-refractivity contribution in [2.24, 2.45) is 0 Å². The smallest absolute Gasteiger partial charge is 0.110 e. The van der Waals surface area contributed by atoms with E-state index in [9.17, 15) is 0 Å². The lowest BCUT2D eigenvalue weighted by Gasteiger charge is -2.04. The topological polar surface area (TPSA) is 49.9 Å². The number of H-pyrrole nitrogens is 1. The highest BCUT2D eigenvalue weighted by Gasteiger charge is 2.03. The van der Waals surface area contributed by atoms with Crippen molar-refractivity contribution in [3.63, 3.8) is 0 Å². The first kappa shape index (κ1) is 14.8. The molecule has 0 amide bonds. The molecule has 0 bridgehead atoms. The van der Waals surface area contributed by atoms with E-state index in [1.54, 1.807) is 7.11 Å². The first-order valence-electron chi connectivity index (χ1n) is 6.97. The third-order valence-corrected chi connectivity index (χ3v) is 3.42. The molecule has 2 aromatic rings. The van der Waals surface area contributed by atoms with E-state index in [1.165, 1.54) is 16.7 Å². The van der Waals surface area contributed by atoms with Crippen LogP contribution in [0.2, 0.25) is 0 Å². The Balaban J connectivity index is 1.90. The molecular formula is C16H23N3O. The van der Waals surface area contributed by atoms with Crippen molar-refractivity contribution in [3.8, 4) is 0 Å². The van der Waals surface area contributed by atoms with Crippen molar-refractivity contribution < 1.29 is 4.74 Å². The molecule has 0 spiro atoms. The summed E-state index contributed by atoms with van der Waals surface area (Å²) in [6, 6.07) is 6.57. The fourth-order valence-corrected chi connectivity index (χ4v) is 2.09. The minimum Gasteiger partial charge on any atom is -0.383 e. The fourth-order valence-electron chi connectivity index (χ4n) is 2.09. The van der Waals surface area contributed by atoms with Crippen LogP contribution in [0.3, 0.4) is 0 Å². The quantitative estimate of drug-likeness (QED) is 0.761. The second-order valence-corrected chi connectivity index (χ2v) is 5.12. The Morgan fingerprint density at radius 1 is 1.25 bits per heavy atom. The molecule has 0 saturated heterocycles. The van der Waals surface area contributed by atoms with Gasteiger partial charge < -0.3 is 15.0 Å². The van der Waals surface area contributed by atoms with Gasteiger partial charge in [-0.2, -0.15) is 0 Å². The van der Waals surface area contributed by atoms with Crippen LogP contribution in [0.4, 0.5) is 0 Å². The maximum Gasteiger partial charge on any atom is 0.110 e. The Hall–Kier alpha value is -1.65. The second kappa shape index (κ2) is 7.22. The van der Waals surface area contributed by atoms with Gasteiger partial charge in [0, 0.05) is 38.5 Å². The highest BCUT2D eigenvalue weighted by molar-refractivity contribution is 5.31. The molecule has 0 fully saturated rings. The van der Waals surface area contributed by atoms with E-state index in [2.05, 4.69) is 47.3 Å². The van der Waals surface area contributed by atoms with Crippen LogP contribution in [0.15, 0.2) is 24.4 Å². The molecule has 108 valence electrons. The average Bonchev–Trinajstić information content (AvgIpc) is 2.87. The van der Waals surface area contributed by atoms with Crippen LogP contribution in [0.5, 0.6) is 0 Å². The Morgan fingerprint density at radius 2 is 2.10 bits per heavy atom. The third kappa shape index (κ3) is 4.18. The Labute approximate surface area is 120 Å². The molecule has 2 rings (SSSR count). The molecule has 1 aromatic heterocycles. The predicted molar refractivity (Wildman–Crippen MR) is 80.9 cm³/mol. The molecule has 2 N–H and O–H groups in total. The molecule has 0 saturated carbocycles. The molecule has 0 aliphatic rings. The van der Waals surface area contributed by atoms with E-state index in [0.717, 1.165) is 37.6 Å². The third-order valence-electron chi connectivity index (χ3n) is 3.42. The first-order chi connectivity index (χ1) is 9.69. The lowest BCUT2D eigenvalue weighted by atomic mass is 10.0. The van der Waals surface area contributed by atoms with Gasteiger partial charge in [-0.15, -0.1) is 0 Å². The number of methoxy groups -OCH3 is 1. The molecule has 20 heavy (non-hydrogen) atoms. The van der Waals surface area contributed by atoms with Crippen molar-refractivity contribution >= 4 is 0 Å². The highest BCUT2D eigenvalue weighted by Crippen LogP contribution is 2.12. The van der Waals surface area contributed by atoms with Gasteiger partial charge in [-0.05, 0) is 30.5 Å². The lowest BCUT2D eigenvalue weighted by molar-refractivity contribution is 0.199. The number of aromatic nitrogens is 2. The summed E-state index contributed by atoms with van der Waals surface area (Å²) >= 11 is 0. The van der Waals surface area contributed by atoms with Crippen LogP contribution in [-0.4, -0.2) is 30.2 Å². The summed E-state index contributed by atoms with van der Waals surface area (Å²) in [6.07, 6.45) is 2.75. The largest absolute Gasteiger partial charge is 0.383 e. The van der Waals surface area contributed by atoms with Gasteiger partial charge in [-0.25, -0.2) is 4.98 Å². The van der Waals surface area contributed by atoms with Gasteiger partial charge >= 0.3 is 0 Å². The minimum atomic E-state index is 0.726. The van der Waals surface area contributed by atoms with Gasteiger partial charge in [-0.1, -0.05) is 18.2 Å². The van der Waals surface area contributed by atoms with E-state index < -0.39 is 0 Å². The van der Waals surface area contributed by atoms with Crippen molar-refractivity contribution in [2.75, 3.05) is 20.3 Å². The zero-order valence-corrected chi connectivity index (χ0v) is 12.5. The summed E-state index contributed by atoms with van der Waals surface area (Å²) < 4.78 is 5.00. The molecule has 0 radical (unpaired) electrons. The first-order valence-corrected chi connectivity index (χ1v) is 6.97. The van der Waals surface area contributed by atoms with Crippen LogP contribution in [-0.2, 0) is 17.7 Å². The van der Waals surface area contributed by atoms with Crippen molar-refractivity contribution in [3.05, 3.63) is 52.6 Å². The van der Waals surface area contributed by atoms with Crippen LogP contribution in [0.25, 0.3) is 0 Å². The van der Waals surface area contributed by atoms with E-state index in [4.69, 9.17) is 4.74 Å². The van der Waals surface area contributed by atoms with Crippen molar-refractivity contribution in [1.82, 2.24) is 15.3 Å². The average molecular weight is 273 g/mol. The summed E-state index contributed by atoms with van der Waals surface area (Å²) in [5, 5.41) is 3.30. The summed E-state index contributed by atoms with van der Waals surface area (Å²) in [5.41, 5.74) is 5.06. The van der Waals surface area contributed by atoms with E-state index in [1.807, 2.05) is 6.20 Å². The monoisotopic (exact) mass is 273 g/mol. The number of benzene rings is 1. The van der Waals surface area contributed by atoms with Gasteiger partial charge in [0.25, 0.3) is 0 Å². The summed E-state index contributed by atoms with van der Waals surface area (Å²) in [5.74, 6) is 1.01. The van der Waals surface area contributed by atoms with Gasteiger partial charge in [-0.3, -0.25) is 0 Å². The molecule has 4 nitrogen and oxygen atoms in total. The molecule has 4 heteroatoms. The number of rotatable bonds is 7. The summed E-state index contributed by atoms with van der Waals surface area (Å²) in [4.78, 5) is 7.79. The normalized spacial score (nSPS) is 10.9. The SMILES string of the molecule is COCCNCc1cnc(Cc2ccc(C)c(C)c2)[nH]1. The molecular weight excluding hydrogens is 250 g/mol. The standard InChI is InChI=1S/C16H23N3O/c1-12-4-5-14(8-13(12)2)9-16-18-11-15(19-16)10-17-6-7-20-3/h4-5,8,11,17H,6-7,9-10H2,1-3H3,(H,18,19). The second-order valence-electron chi connectivity index (χ2n) is 5.12. The fraction of sp³-hybridized carbons (Fsp3) is 0.438. The van der Waals surface area contributed by atoms with Gasteiger partial charge in [0.15, 0.2) is 0 Å². The zero-order chi connectivity index (χ0) is 14.4. The number of aromatic amines is 1. The predicted octanol–water partition coefficient (Wildman–Crippen LogP) is 2.35. The van der Waals surface area contributed by atoms with Crippen LogP contribution in [0.1, 0.15) is 28.2 Å².